The van der Waals surface area contributed by atoms with Gasteiger partial charge in [-0.2, -0.15) is 0 Å². The number of rotatable bonds is 4. The van der Waals surface area contributed by atoms with E-state index in [1.54, 1.807) is 0 Å². The second kappa shape index (κ2) is 6.88. The summed E-state index contributed by atoms with van der Waals surface area (Å²) in [4.78, 5) is 26.1. The molecule has 2 amide bonds. The lowest BCUT2D eigenvalue weighted by atomic mass is 9.85. The van der Waals surface area contributed by atoms with Crippen molar-refractivity contribution in [2.45, 2.75) is 70.9 Å². The minimum absolute atomic E-state index is 0.0463. The third-order valence-electron chi connectivity index (χ3n) is 4.64. The molecule has 5 nitrogen and oxygen atoms in total. The van der Waals surface area contributed by atoms with Gasteiger partial charge in [0.1, 0.15) is 5.60 Å². The lowest BCUT2D eigenvalue weighted by Gasteiger charge is -2.31. The summed E-state index contributed by atoms with van der Waals surface area (Å²) >= 11 is 0. The summed E-state index contributed by atoms with van der Waals surface area (Å²) in [7, 11) is 1.91. The van der Waals surface area contributed by atoms with E-state index in [0.717, 1.165) is 25.8 Å². The molecule has 2 fully saturated rings. The van der Waals surface area contributed by atoms with Crippen LogP contribution in [0.2, 0.25) is 0 Å². The molecule has 0 aromatic carbocycles. The smallest absolute Gasteiger partial charge is 0.407 e. The molecule has 2 aliphatic carbocycles. The van der Waals surface area contributed by atoms with Gasteiger partial charge in [0.05, 0.1) is 0 Å². The van der Waals surface area contributed by atoms with Crippen LogP contribution >= 0.6 is 0 Å². The van der Waals surface area contributed by atoms with Crippen molar-refractivity contribution in [3.05, 3.63) is 0 Å². The molecule has 0 spiro atoms. The monoisotopic (exact) mass is 310 g/mol. The Hall–Kier alpha value is -1.26. The number of hydrogen-bond acceptors (Lipinski definition) is 3. The van der Waals surface area contributed by atoms with Gasteiger partial charge in [-0.1, -0.05) is 6.42 Å². The minimum Gasteiger partial charge on any atom is -0.444 e. The molecule has 2 aliphatic rings. The molecule has 0 aromatic heterocycles. The zero-order chi connectivity index (χ0) is 16.3. The van der Waals surface area contributed by atoms with Crippen LogP contribution < -0.4 is 5.32 Å². The van der Waals surface area contributed by atoms with E-state index < -0.39 is 5.60 Å². The van der Waals surface area contributed by atoms with Gasteiger partial charge >= 0.3 is 6.09 Å². The van der Waals surface area contributed by atoms with Crippen molar-refractivity contribution in [1.82, 2.24) is 10.2 Å². The number of hydrogen-bond donors (Lipinski definition) is 1. The maximum atomic E-state index is 12.5. The first-order valence-electron chi connectivity index (χ1n) is 8.49. The van der Waals surface area contributed by atoms with Crippen molar-refractivity contribution in [3.63, 3.8) is 0 Å². The number of carbonyl (C=O) groups is 2. The van der Waals surface area contributed by atoms with Crippen LogP contribution in [0.15, 0.2) is 0 Å². The van der Waals surface area contributed by atoms with E-state index in [2.05, 4.69) is 5.32 Å². The van der Waals surface area contributed by atoms with Crippen LogP contribution in [0.1, 0.15) is 59.3 Å². The predicted octanol–water partition coefficient (Wildman–Crippen LogP) is 2.94. The SMILES string of the molecule is CN(CC1CCC1)C(=O)C1CCC(NC(=O)OC(C)(C)C)C1. The van der Waals surface area contributed by atoms with Crippen LogP contribution in [0.4, 0.5) is 4.79 Å². The normalized spacial score (nSPS) is 25.5. The van der Waals surface area contributed by atoms with Gasteiger partial charge in [0.2, 0.25) is 5.91 Å². The minimum atomic E-state index is -0.485. The molecule has 0 radical (unpaired) electrons. The standard InChI is InChI=1S/C17H30N2O3/c1-17(2,3)22-16(21)18-14-9-8-13(10-14)15(20)19(4)11-12-6-5-7-12/h12-14H,5-11H2,1-4H3,(H,18,21). The number of carbonyl (C=O) groups excluding carboxylic acids is 2. The fourth-order valence-electron chi connectivity index (χ4n) is 3.28. The van der Waals surface area contributed by atoms with Gasteiger partial charge in [0.15, 0.2) is 0 Å². The van der Waals surface area contributed by atoms with Gasteiger partial charge in [-0.15, -0.1) is 0 Å². The number of alkyl carbamates (subject to hydrolysis) is 1. The lowest BCUT2D eigenvalue weighted by molar-refractivity contribution is -0.135. The second-order valence-corrected chi connectivity index (χ2v) is 7.87. The Morgan fingerprint density at radius 3 is 2.41 bits per heavy atom. The molecule has 22 heavy (non-hydrogen) atoms. The summed E-state index contributed by atoms with van der Waals surface area (Å²) in [5.41, 5.74) is -0.485. The highest BCUT2D eigenvalue weighted by Gasteiger charge is 2.34. The van der Waals surface area contributed by atoms with Crippen molar-refractivity contribution in [1.29, 1.82) is 0 Å². The molecule has 0 aliphatic heterocycles. The van der Waals surface area contributed by atoms with Gasteiger partial charge in [-0.05, 0) is 58.8 Å². The molecule has 0 bridgehead atoms. The molecule has 2 rings (SSSR count). The predicted molar refractivity (Wildman–Crippen MR) is 85.5 cm³/mol. The maximum Gasteiger partial charge on any atom is 0.407 e. The first-order chi connectivity index (χ1) is 10.2. The molecule has 126 valence electrons. The Morgan fingerprint density at radius 1 is 1.18 bits per heavy atom. The number of ether oxygens (including phenoxy) is 1. The van der Waals surface area contributed by atoms with Crippen molar-refractivity contribution in [2.75, 3.05) is 13.6 Å². The number of amides is 2. The van der Waals surface area contributed by atoms with Crippen molar-refractivity contribution in [3.8, 4) is 0 Å². The second-order valence-electron chi connectivity index (χ2n) is 7.87. The Kier molecular flexibility index (Phi) is 5.35. The van der Waals surface area contributed by atoms with Crippen LogP contribution in [-0.2, 0) is 9.53 Å². The Labute approximate surface area is 133 Å². The Morgan fingerprint density at radius 2 is 1.86 bits per heavy atom. The molecule has 2 atom stereocenters. The fraction of sp³-hybridized carbons (Fsp3) is 0.882. The van der Waals surface area contributed by atoms with Crippen molar-refractivity contribution >= 4 is 12.0 Å². The molecule has 0 saturated heterocycles. The summed E-state index contributed by atoms with van der Waals surface area (Å²) in [6, 6.07) is 0.0564. The van der Waals surface area contributed by atoms with Crippen LogP contribution in [0.5, 0.6) is 0 Å². The van der Waals surface area contributed by atoms with Crippen LogP contribution in [0, 0.1) is 11.8 Å². The van der Waals surface area contributed by atoms with E-state index in [1.165, 1.54) is 19.3 Å². The van der Waals surface area contributed by atoms with Gasteiger partial charge in [-0.25, -0.2) is 4.79 Å². The largest absolute Gasteiger partial charge is 0.444 e. The van der Waals surface area contributed by atoms with E-state index in [1.807, 2.05) is 32.7 Å². The molecule has 0 heterocycles. The third-order valence-corrected chi connectivity index (χ3v) is 4.64. The summed E-state index contributed by atoms with van der Waals surface area (Å²) in [6.45, 7) is 6.44. The molecule has 5 heteroatoms. The van der Waals surface area contributed by atoms with Crippen LogP contribution in [-0.4, -0.2) is 42.1 Å². The van der Waals surface area contributed by atoms with Gasteiger partial charge in [0, 0.05) is 25.6 Å². The molecule has 0 aromatic rings. The maximum absolute atomic E-state index is 12.5. The highest BCUT2D eigenvalue weighted by Crippen LogP contribution is 2.30. The van der Waals surface area contributed by atoms with Gasteiger partial charge in [-0.3, -0.25) is 4.79 Å². The van der Waals surface area contributed by atoms with Gasteiger partial charge < -0.3 is 15.0 Å². The van der Waals surface area contributed by atoms with Crippen LogP contribution in [0.25, 0.3) is 0 Å². The first kappa shape index (κ1) is 17.1. The summed E-state index contributed by atoms with van der Waals surface area (Å²) in [5, 5.41) is 2.89. The Bertz CT molecular complexity index is 413. The average molecular weight is 310 g/mol. The number of nitrogens with zero attached hydrogens (tertiary/aromatic N) is 1. The van der Waals surface area contributed by atoms with E-state index in [-0.39, 0.29) is 24.0 Å². The molecule has 2 saturated carbocycles. The van der Waals surface area contributed by atoms with Gasteiger partial charge in [0.25, 0.3) is 0 Å². The molecule has 1 N–H and O–H groups in total. The summed E-state index contributed by atoms with van der Waals surface area (Å²) in [6.07, 6.45) is 5.87. The highest BCUT2D eigenvalue weighted by molar-refractivity contribution is 5.79. The molecular formula is C17H30N2O3. The zero-order valence-electron chi connectivity index (χ0n) is 14.4. The van der Waals surface area contributed by atoms with E-state index >= 15 is 0 Å². The third kappa shape index (κ3) is 4.89. The number of nitrogens with one attached hydrogen (secondary N) is 1. The zero-order valence-corrected chi connectivity index (χ0v) is 14.4. The Balaban J connectivity index is 1.74. The van der Waals surface area contributed by atoms with E-state index in [9.17, 15) is 9.59 Å². The lowest BCUT2D eigenvalue weighted by Crippen LogP contribution is -2.40. The van der Waals surface area contributed by atoms with Crippen molar-refractivity contribution in [2.24, 2.45) is 11.8 Å². The summed E-state index contributed by atoms with van der Waals surface area (Å²) < 4.78 is 5.27. The highest BCUT2D eigenvalue weighted by atomic mass is 16.6. The molecular weight excluding hydrogens is 280 g/mol. The first-order valence-corrected chi connectivity index (χ1v) is 8.49. The van der Waals surface area contributed by atoms with Crippen molar-refractivity contribution < 1.29 is 14.3 Å². The average Bonchev–Trinajstić information content (AvgIpc) is 2.78. The topological polar surface area (TPSA) is 58.6 Å². The quantitative estimate of drug-likeness (QED) is 0.868. The molecule has 2 unspecified atom stereocenters. The van der Waals surface area contributed by atoms with Crippen LogP contribution in [0.3, 0.4) is 0 Å². The fourth-order valence-corrected chi connectivity index (χ4v) is 3.28. The summed E-state index contributed by atoms with van der Waals surface area (Å²) in [5.74, 6) is 0.983. The van der Waals surface area contributed by atoms with E-state index in [4.69, 9.17) is 4.74 Å². The van der Waals surface area contributed by atoms with E-state index in [0.29, 0.717) is 5.92 Å².